The largest absolute Gasteiger partial charge is 0.310 e. The molecule has 0 aliphatic carbocycles. The van der Waals surface area contributed by atoms with E-state index in [-0.39, 0.29) is 17.8 Å². The van der Waals surface area contributed by atoms with Crippen LogP contribution in [0, 0.1) is 19.7 Å². The van der Waals surface area contributed by atoms with Gasteiger partial charge in [0, 0.05) is 21.9 Å². The Hall–Kier alpha value is -2.50. The third-order valence-electron chi connectivity index (χ3n) is 4.55. The van der Waals surface area contributed by atoms with Crippen molar-refractivity contribution in [3.05, 3.63) is 85.5 Å². The number of hydrogen-bond donors (Lipinski definition) is 1. The summed E-state index contributed by atoms with van der Waals surface area (Å²) in [5, 5.41) is 1.26. The molecule has 2 aromatic carbocycles. The first-order valence-corrected chi connectivity index (χ1v) is 9.65. The third-order valence-corrected chi connectivity index (χ3v) is 5.97. The van der Waals surface area contributed by atoms with E-state index in [1.165, 1.54) is 17.4 Å². The molecule has 0 fully saturated rings. The van der Waals surface area contributed by atoms with Crippen molar-refractivity contribution in [1.82, 2.24) is 9.97 Å². The summed E-state index contributed by atoms with van der Waals surface area (Å²) in [6, 6.07) is 12.2. The van der Waals surface area contributed by atoms with Crippen molar-refractivity contribution in [3.8, 4) is 11.1 Å². The van der Waals surface area contributed by atoms with E-state index in [2.05, 4.69) is 9.97 Å². The molecule has 2 aromatic heterocycles. The van der Waals surface area contributed by atoms with Crippen LogP contribution in [0.4, 0.5) is 4.39 Å². The molecule has 0 atom stereocenters. The van der Waals surface area contributed by atoms with E-state index in [0.717, 1.165) is 21.6 Å². The van der Waals surface area contributed by atoms with Crippen molar-refractivity contribution < 1.29 is 4.39 Å². The molecule has 2 heterocycles. The molecule has 4 rings (SSSR count). The lowest BCUT2D eigenvalue weighted by molar-refractivity contribution is 0.612. The van der Waals surface area contributed by atoms with E-state index in [9.17, 15) is 9.18 Å². The highest BCUT2D eigenvalue weighted by molar-refractivity contribution is 7.19. The standard InChI is InChI=1S/C21H16ClFN2OS/c1-11-9-14(7-8-15(11)22)18-12(2)27-21-19(18)20(26)24-17(25-21)10-13-5-3-4-6-16(13)23/h3-9H,10H2,1-2H3,(H,24,25,26). The van der Waals surface area contributed by atoms with Crippen LogP contribution in [-0.4, -0.2) is 9.97 Å². The third kappa shape index (κ3) is 3.29. The fourth-order valence-corrected chi connectivity index (χ4v) is 4.40. The van der Waals surface area contributed by atoms with Gasteiger partial charge in [-0.2, -0.15) is 0 Å². The number of fused-ring (bicyclic) bond motifs is 1. The maximum absolute atomic E-state index is 13.9. The van der Waals surface area contributed by atoms with Gasteiger partial charge in [-0.15, -0.1) is 11.3 Å². The average molecular weight is 399 g/mol. The zero-order valence-corrected chi connectivity index (χ0v) is 16.3. The minimum atomic E-state index is -0.306. The molecular formula is C21H16ClFN2OS. The zero-order valence-electron chi connectivity index (χ0n) is 14.8. The fraction of sp³-hybridized carbons (Fsp3) is 0.143. The van der Waals surface area contributed by atoms with E-state index in [4.69, 9.17) is 11.6 Å². The predicted octanol–water partition coefficient (Wildman–Crippen LogP) is 5.65. The quantitative estimate of drug-likeness (QED) is 0.484. The molecule has 0 unspecified atom stereocenters. The number of H-pyrrole nitrogens is 1. The van der Waals surface area contributed by atoms with Gasteiger partial charge in [-0.05, 0) is 48.7 Å². The van der Waals surface area contributed by atoms with Gasteiger partial charge in [0.2, 0.25) is 0 Å². The van der Waals surface area contributed by atoms with Gasteiger partial charge < -0.3 is 4.98 Å². The highest BCUT2D eigenvalue weighted by Crippen LogP contribution is 2.36. The maximum atomic E-state index is 13.9. The van der Waals surface area contributed by atoms with Crippen LogP contribution in [0.15, 0.2) is 47.3 Å². The number of nitrogens with zero attached hydrogens (tertiary/aromatic N) is 1. The number of halogens is 2. The number of aromatic amines is 1. The maximum Gasteiger partial charge on any atom is 0.260 e. The predicted molar refractivity (Wildman–Crippen MR) is 109 cm³/mol. The number of thiophene rings is 1. The van der Waals surface area contributed by atoms with Crippen molar-refractivity contribution in [1.29, 1.82) is 0 Å². The smallest absolute Gasteiger partial charge is 0.260 e. The number of benzene rings is 2. The molecule has 0 radical (unpaired) electrons. The van der Waals surface area contributed by atoms with Crippen LogP contribution in [0.1, 0.15) is 21.8 Å². The zero-order chi connectivity index (χ0) is 19.1. The summed E-state index contributed by atoms with van der Waals surface area (Å²) in [6.07, 6.45) is 0.240. The van der Waals surface area contributed by atoms with Gasteiger partial charge in [0.25, 0.3) is 5.56 Å². The van der Waals surface area contributed by atoms with E-state index in [1.807, 2.05) is 32.0 Å². The molecule has 0 saturated carbocycles. The molecule has 6 heteroatoms. The Bertz CT molecular complexity index is 1230. The van der Waals surface area contributed by atoms with E-state index >= 15 is 0 Å². The molecule has 0 aliphatic heterocycles. The van der Waals surface area contributed by atoms with Crippen LogP contribution >= 0.6 is 22.9 Å². The van der Waals surface area contributed by atoms with Gasteiger partial charge in [0.15, 0.2) is 0 Å². The molecule has 0 spiro atoms. The van der Waals surface area contributed by atoms with Crippen molar-refractivity contribution >= 4 is 33.2 Å². The average Bonchev–Trinajstić information content (AvgIpc) is 2.96. The van der Waals surface area contributed by atoms with E-state index in [0.29, 0.717) is 26.6 Å². The van der Waals surface area contributed by atoms with E-state index < -0.39 is 0 Å². The highest BCUT2D eigenvalue weighted by atomic mass is 35.5. The van der Waals surface area contributed by atoms with Gasteiger partial charge >= 0.3 is 0 Å². The molecule has 0 saturated heterocycles. The Balaban J connectivity index is 1.85. The normalized spacial score (nSPS) is 11.3. The highest BCUT2D eigenvalue weighted by Gasteiger charge is 2.17. The van der Waals surface area contributed by atoms with Gasteiger partial charge in [-0.25, -0.2) is 9.37 Å². The Labute approximate surface area is 164 Å². The van der Waals surface area contributed by atoms with Gasteiger partial charge in [0.05, 0.1) is 5.39 Å². The van der Waals surface area contributed by atoms with Crippen molar-refractivity contribution in [2.45, 2.75) is 20.3 Å². The summed E-state index contributed by atoms with van der Waals surface area (Å²) in [4.78, 5) is 21.9. The summed E-state index contributed by atoms with van der Waals surface area (Å²) in [6.45, 7) is 3.91. The summed E-state index contributed by atoms with van der Waals surface area (Å²) in [5.74, 6) is 0.151. The molecule has 4 aromatic rings. The van der Waals surface area contributed by atoms with Crippen LogP contribution in [-0.2, 0) is 6.42 Å². The molecule has 0 bridgehead atoms. The minimum absolute atomic E-state index is 0.210. The van der Waals surface area contributed by atoms with Gasteiger partial charge in [-0.1, -0.05) is 35.9 Å². The van der Waals surface area contributed by atoms with E-state index in [1.54, 1.807) is 18.2 Å². The minimum Gasteiger partial charge on any atom is -0.310 e. The first-order chi connectivity index (χ1) is 12.9. The van der Waals surface area contributed by atoms with Gasteiger partial charge in [0.1, 0.15) is 16.5 Å². The summed E-state index contributed by atoms with van der Waals surface area (Å²) >= 11 is 7.60. The van der Waals surface area contributed by atoms with Crippen LogP contribution < -0.4 is 5.56 Å². The molecular weight excluding hydrogens is 383 g/mol. The van der Waals surface area contributed by atoms with Crippen molar-refractivity contribution in [2.75, 3.05) is 0 Å². The second-order valence-corrected chi connectivity index (χ2v) is 8.07. The number of aromatic nitrogens is 2. The summed E-state index contributed by atoms with van der Waals surface area (Å²) in [5.41, 5.74) is 3.06. The molecule has 0 amide bonds. The second kappa shape index (κ2) is 6.91. The van der Waals surface area contributed by atoms with Crippen LogP contribution in [0.25, 0.3) is 21.3 Å². The number of aryl methyl sites for hydroxylation is 2. The lowest BCUT2D eigenvalue weighted by Crippen LogP contribution is -2.12. The summed E-state index contributed by atoms with van der Waals surface area (Å²) < 4.78 is 13.9. The Kier molecular flexibility index (Phi) is 4.58. The second-order valence-electron chi connectivity index (χ2n) is 6.46. The first-order valence-electron chi connectivity index (χ1n) is 8.46. The summed E-state index contributed by atoms with van der Waals surface area (Å²) in [7, 11) is 0. The number of hydrogen-bond acceptors (Lipinski definition) is 3. The first kappa shape index (κ1) is 17.9. The fourth-order valence-electron chi connectivity index (χ4n) is 3.22. The molecule has 0 aliphatic rings. The SMILES string of the molecule is Cc1cc(-c2c(C)sc3nc(Cc4ccccc4F)[nH]c(=O)c23)ccc1Cl. The molecule has 3 nitrogen and oxygen atoms in total. The Morgan fingerprint density at radius 2 is 1.96 bits per heavy atom. The molecule has 1 N–H and O–H groups in total. The van der Waals surface area contributed by atoms with Crippen molar-refractivity contribution in [3.63, 3.8) is 0 Å². The van der Waals surface area contributed by atoms with Gasteiger partial charge in [-0.3, -0.25) is 4.79 Å². The van der Waals surface area contributed by atoms with Crippen LogP contribution in [0.3, 0.4) is 0 Å². The lowest BCUT2D eigenvalue weighted by atomic mass is 10.0. The van der Waals surface area contributed by atoms with Crippen molar-refractivity contribution in [2.24, 2.45) is 0 Å². The monoisotopic (exact) mass is 398 g/mol. The Morgan fingerprint density at radius 1 is 1.19 bits per heavy atom. The number of nitrogens with one attached hydrogen (secondary N) is 1. The van der Waals surface area contributed by atoms with Crippen LogP contribution in [0.5, 0.6) is 0 Å². The molecule has 136 valence electrons. The van der Waals surface area contributed by atoms with Crippen LogP contribution in [0.2, 0.25) is 5.02 Å². The lowest BCUT2D eigenvalue weighted by Gasteiger charge is -2.06. The Morgan fingerprint density at radius 3 is 2.70 bits per heavy atom. The topological polar surface area (TPSA) is 45.8 Å². The number of rotatable bonds is 3. The molecule has 27 heavy (non-hydrogen) atoms.